The van der Waals surface area contributed by atoms with Crippen molar-refractivity contribution in [3.05, 3.63) is 11.1 Å². The summed E-state index contributed by atoms with van der Waals surface area (Å²) in [4.78, 5) is 23.6. The van der Waals surface area contributed by atoms with Crippen LogP contribution < -0.4 is 0 Å². The molecule has 0 aromatic heterocycles. The average molecular weight is 265 g/mol. The normalized spacial score (nSPS) is 21.2. The zero-order chi connectivity index (χ0) is 14.3. The van der Waals surface area contributed by atoms with E-state index < -0.39 is 11.9 Å². The molecule has 1 atom stereocenters. The maximum absolute atomic E-state index is 11.9. The van der Waals surface area contributed by atoms with Crippen LogP contribution in [0.2, 0.25) is 0 Å². The molecule has 19 heavy (non-hydrogen) atoms. The lowest BCUT2D eigenvalue weighted by Gasteiger charge is -2.24. The van der Waals surface area contributed by atoms with E-state index in [0.717, 1.165) is 12.8 Å². The Morgan fingerprint density at radius 1 is 1.26 bits per heavy atom. The fourth-order valence-electron chi connectivity index (χ4n) is 2.27. The molecule has 0 N–H and O–H groups in total. The molecule has 0 amide bonds. The number of nitrogens with zero attached hydrogens (tertiary/aromatic N) is 1. The van der Waals surface area contributed by atoms with Gasteiger partial charge in [-0.2, -0.15) is 5.26 Å². The van der Waals surface area contributed by atoms with Crippen molar-refractivity contribution in [1.82, 2.24) is 0 Å². The molecule has 0 aromatic rings. The number of rotatable bonds is 4. The third-order valence-electron chi connectivity index (χ3n) is 3.09. The summed E-state index contributed by atoms with van der Waals surface area (Å²) in [6.07, 6.45) is 2.97. The third-order valence-corrected chi connectivity index (χ3v) is 3.09. The molecule has 0 saturated heterocycles. The van der Waals surface area contributed by atoms with Gasteiger partial charge in [0.1, 0.15) is 11.6 Å². The molecule has 1 aliphatic carbocycles. The highest BCUT2D eigenvalue weighted by molar-refractivity contribution is 5.95. The molecule has 5 heteroatoms. The predicted octanol–water partition coefficient (Wildman–Crippen LogP) is 2.12. The summed E-state index contributed by atoms with van der Waals surface area (Å²) in [5, 5.41) is 9.14. The summed E-state index contributed by atoms with van der Waals surface area (Å²) in [6, 6.07) is 1.88. The first-order valence-electron chi connectivity index (χ1n) is 6.62. The minimum Gasteiger partial charge on any atom is -0.466 e. The quantitative estimate of drug-likeness (QED) is 0.442. The Morgan fingerprint density at radius 3 is 2.53 bits per heavy atom. The van der Waals surface area contributed by atoms with Gasteiger partial charge in [-0.1, -0.05) is 6.42 Å². The van der Waals surface area contributed by atoms with Crippen LogP contribution in [0.1, 0.15) is 39.5 Å². The fourth-order valence-corrected chi connectivity index (χ4v) is 2.27. The average Bonchev–Trinajstić information content (AvgIpc) is 2.41. The van der Waals surface area contributed by atoms with E-state index in [1.165, 1.54) is 0 Å². The van der Waals surface area contributed by atoms with Crippen LogP contribution in [0.3, 0.4) is 0 Å². The fraction of sp³-hybridized carbons (Fsp3) is 0.643. The summed E-state index contributed by atoms with van der Waals surface area (Å²) < 4.78 is 9.88. The van der Waals surface area contributed by atoms with Crippen LogP contribution in [-0.2, 0) is 19.1 Å². The first-order chi connectivity index (χ1) is 9.15. The van der Waals surface area contributed by atoms with E-state index >= 15 is 0 Å². The molecule has 0 aliphatic heterocycles. The highest BCUT2D eigenvalue weighted by atomic mass is 16.5. The molecule has 5 nitrogen and oxygen atoms in total. The Bertz CT molecular complexity index is 420. The van der Waals surface area contributed by atoms with Crippen molar-refractivity contribution in [3.63, 3.8) is 0 Å². The van der Waals surface area contributed by atoms with Gasteiger partial charge in [0, 0.05) is 0 Å². The SMILES string of the molecule is CCOC(=O)C(C#N)=C1CCCCC1C(=O)OCC. The van der Waals surface area contributed by atoms with Crippen LogP contribution in [0.4, 0.5) is 0 Å². The van der Waals surface area contributed by atoms with E-state index in [1.54, 1.807) is 13.8 Å². The Morgan fingerprint density at radius 2 is 1.95 bits per heavy atom. The van der Waals surface area contributed by atoms with Gasteiger partial charge < -0.3 is 9.47 Å². The predicted molar refractivity (Wildman–Crippen MR) is 67.9 cm³/mol. The van der Waals surface area contributed by atoms with Crippen molar-refractivity contribution in [2.75, 3.05) is 13.2 Å². The minimum absolute atomic E-state index is 0.0281. The Hall–Kier alpha value is -1.83. The number of esters is 2. The van der Waals surface area contributed by atoms with Gasteiger partial charge in [-0.15, -0.1) is 0 Å². The van der Waals surface area contributed by atoms with Crippen LogP contribution in [0, 0.1) is 17.2 Å². The van der Waals surface area contributed by atoms with Gasteiger partial charge in [-0.25, -0.2) is 4.79 Å². The summed E-state index contributed by atoms with van der Waals surface area (Å²) in [6.45, 7) is 3.92. The van der Waals surface area contributed by atoms with Crippen molar-refractivity contribution < 1.29 is 19.1 Å². The number of nitriles is 1. The largest absolute Gasteiger partial charge is 0.466 e. The van der Waals surface area contributed by atoms with Gasteiger partial charge in [0.15, 0.2) is 0 Å². The summed E-state index contributed by atoms with van der Waals surface area (Å²) in [5.74, 6) is -1.47. The maximum Gasteiger partial charge on any atom is 0.348 e. The van der Waals surface area contributed by atoms with Crippen molar-refractivity contribution in [2.45, 2.75) is 39.5 Å². The Kier molecular flexibility index (Phi) is 6.07. The van der Waals surface area contributed by atoms with Crippen LogP contribution in [0.5, 0.6) is 0 Å². The summed E-state index contributed by atoms with van der Waals surface area (Å²) in [7, 11) is 0. The number of hydrogen-bond donors (Lipinski definition) is 0. The van der Waals surface area contributed by atoms with E-state index in [4.69, 9.17) is 14.7 Å². The molecule has 0 bridgehead atoms. The van der Waals surface area contributed by atoms with Crippen molar-refractivity contribution >= 4 is 11.9 Å². The second-order valence-corrected chi connectivity index (χ2v) is 4.28. The monoisotopic (exact) mass is 265 g/mol. The smallest absolute Gasteiger partial charge is 0.348 e. The lowest BCUT2D eigenvalue weighted by Crippen LogP contribution is -2.25. The van der Waals surface area contributed by atoms with Crippen LogP contribution in [0.15, 0.2) is 11.1 Å². The van der Waals surface area contributed by atoms with Gasteiger partial charge in [0.2, 0.25) is 0 Å². The van der Waals surface area contributed by atoms with E-state index in [0.29, 0.717) is 25.0 Å². The topological polar surface area (TPSA) is 76.4 Å². The van der Waals surface area contributed by atoms with E-state index in [1.807, 2.05) is 6.07 Å². The molecular weight excluding hydrogens is 246 g/mol. The van der Waals surface area contributed by atoms with Crippen molar-refractivity contribution in [3.8, 4) is 6.07 Å². The highest BCUT2D eigenvalue weighted by Gasteiger charge is 2.31. The second-order valence-electron chi connectivity index (χ2n) is 4.28. The van der Waals surface area contributed by atoms with E-state index in [2.05, 4.69) is 0 Å². The van der Waals surface area contributed by atoms with E-state index in [-0.39, 0.29) is 18.1 Å². The molecule has 0 spiro atoms. The van der Waals surface area contributed by atoms with Crippen molar-refractivity contribution in [1.29, 1.82) is 5.26 Å². The lowest BCUT2D eigenvalue weighted by atomic mass is 9.81. The first-order valence-corrected chi connectivity index (χ1v) is 6.62. The van der Waals surface area contributed by atoms with Gasteiger partial charge >= 0.3 is 11.9 Å². The highest BCUT2D eigenvalue weighted by Crippen LogP contribution is 2.33. The molecule has 104 valence electrons. The van der Waals surface area contributed by atoms with Crippen LogP contribution >= 0.6 is 0 Å². The second kappa shape index (κ2) is 7.57. The number of hydrogen-bond acceptors (Lipinski definition) is 5. The van der Waals surface area contributed by atoms with Gasteiger partial charge in [-0.3, -0.25) is 4.79 Å². The minimum atomic E-state index is -0.642. The first kappa shape index (κ1) is 15.2. The zero-order valence-corrected chi connectivity index (χ0v) is 11.4. The van der Waals surface area contributed by atoms with E-state index in [9.17, 15) is 9.59 Å². The molecule has 0 heterocycles. The molecule has 1 aliphatic rings. The van der Waals surface area contributed by atoms with Crippen LogP contribution in [0.25, 0.3) is 0 Å². The Labute approximate surface area is 113 Å². The molecule has 0 radical (unpaired) electrons. The lowest BCUT2D eigenvalue weighted by molar-refractivity contribution is -0.147. The molecule has 1 fully saturated rings. The van der Waals surface area contributed by atoms with Gasteiger partial charge in [0.05, 0.1) is 19.1 Å². The summed E-state index contributed by atoms with van der Waals surface area (Å²) in [5.41, 5.74) is 0.547. The van der Waals surface area contributed by atoms with Crippen LogP contribution in [-0.4, -0.2) is 25.2 Å². The zero-order valence-electron chi connectivity index (χ0n) is 11.4. The Balaban J connectivity index is 3.05. The standard InChI is InChI=1S/C14H19NO4/c1-3-18-13(16)11-8-6-5-7-10(11)12(9-15)14(17)19-4-2/h11H,3-8H2,1-2H3. The third kappa shape index (κ3) is 3.82. The molecule has 0 aromatic carbocycles. The molecule has 1 saturated carbocycles. The molecule has 1 unspecified atom stereocenters. The molecule has 1 rings (SSSR count). The molecular formula is C14H19NO4. The van der Waals surface area contributed by atoms with Gasteiger partial charge in [-0.05, 0) is 38.7 Å². The number of carbonyl (C=O) groups is 2. The number of carbonyl (C=O) groups excluding carboxylic acids is 2. The maximum atomic E-state index is 11.9. The van der Waals surface area contributed by atoms with Gasteiger partial charge in [0.25, 0.3) is 0 Å². The number of ether oxygens (including phenoxy) is 2. The summed E-state index contributed by atoms with van der Waals surface area (Å²) >= 11 is 0. The van der Waals surface area contributed by atoms with Crippen molar-refractivity contribution in [2.24, 2.45) is 5.92 Å².